The first-order valence-corrected chi connectivity index (χ1v) is 9.20. The number of allylic oxidation sites excluding steroid dienone is 1. The van der Waals surface area contributed by atoms with Crippen LogP contribution >= 0.6 is 0 Å². The minimum Gasteiger partial charge on any atom is -0.458 e. The average molecular weight is 390 g/mol. The molecule has 3 aliphatic rings. The first kappa shape index (κ1) is 20.5. The Hall–Kier alpha value is -2.22. The van der Waals surface area contributed by atoms with Gasteiger partial charge in [-0.25, -0.2) is 9.59 Å². The molecule has 1 fully saturated rings. The number of carbonyl (C=O) groups excluding carboxylic acids is 2. The third-order valence-electron chi connectivity index (χ3n) is 5.61. The van der Waals surface area contributed by atoms with E-state index in [4.69, 9.17) is 18.9 Å². The van der Waals surface area contributed by atoms with Crippen molar-refractivity contribution in [3.8, 4) is 0 Å². The first-order valence-electron chi connectivity index (χ1n) is 9.20. The van der Waals surface area contributed by atoms with E-state index in [0.29, 0.717) is 11.1 Å². The monoisotopic (exact) mass is 390 g/mol. The molecule has 28 heavy (non-hydrogen) atoms. The van der Waals surface area contributed by atoms with Crippen molar-refractivity contribution in [1.29, 1.82) is 0 Å². The summed E-state index contributed by atoms with van der Waals surface area (Å²) in [7, 11) is 1.47. The van der Waals surface area contributed by atoms with Gasteiger partial charge in [0.25, 0.3) is 0 Å². The van der Waals surface area contributed by atoms with Gasteiger partial charge in [-0.1, -0.05) is 18.7 Å². The Morgan fingerprint density at radius 2 is 2.18 bits per heavy atom. The van der Waals surface area contributed by atoms with E-state index in [1.165, 1.54) is 7.11 Å². The Kier molecular flexibility index (Phi) is 5.36. The van der Waals surface area contributed by atoms with Crippen LogP contribution in [0.3, 0.4) is 0 Å². The van der Waals surface area contributed by atoms with Crippen molar-refractivity contribution in [2.24, 2.45) is 5.92 Å². The molecule has 1 saturated heterocycles. The molecule has 0 saturated carbocycles. The average Bonchev–Trinajstić information content (AvgIpc) is 3.16. The standard InChI is InChI=1S/C21H26O7/c1-6-12(2)18(23)27-16-10-20(4)7-8-21(25-5,28-20)14(11-22)9-15-17(16)13(3)19(24)26-15/h6-9,15-17,22H,3,10-11H2,1-2,4-5H3/b12-6-,14-9-/t15-,16+,17-,20+,21-/m0/s1. The predicted octanol–water partition coefficient (Wildman–Crippen LogP) is 1.97. The molecule has 0 aliphatic carbocycles. The summed E-state index contributed by atoms with van der Waals surface area (Å²) in [6, 6.07) is 0. The molecule has 0 radical (unpaired) electrons. The SMILES string of the molecule is C=C1C(=O)O[C@H]2/C=C(/CO)[C@]3(OC)C=C[C@](C)(C[C@@H](OC(=O)/C(C)=C\C)[C@@H]12)O3. The van der Waals surface area contributed by atoms with Gasteiger partial charge in [0.05, 0.1) is 18.1 Å². The van der Waals surface area contributed by atoms with Crippen molar-refractivity contribution in [1.82, 2.24) is 0 Å². The Morgan fingerprint density at radius 1 is 1.46 bits per heavy atom. The molecule has 7 nitrogen and oxygen atoms in total. The summed E-state index contributed by atoms with van der Waals surface area (Å²) in [6.45, 7) is 8.74. The molecule has 152 valence electrons. The maximum atomic E-state index is 12.5. The summed E-state index contributed by atoms with van der Waals surface area (Å²) >= 11 is 0. The lowest BCUT2D eigenvalue weighted by atomic mass is 9.83. The molecule has 0 aromatic carbocycles. The van der Waals surface area contributed by atoms with Crippen molar-refractivity contribution < 1.29 is 33.6 Å². The molecule has 7 heteroatoms. The van der Waals surface area contributed by atoms with E-state index < -0.39 is 41.5 Å². The van der Waals surface area contributed by atoms with Gasteiger partial charge in [-0.05, 0) is 32.9 Å². The van der Waals surface area contributed by atoms with Gasteiger partial charge in [0, 0.05) is 30.2 Å². The third-order valence-corrected chi connectivity index (χ3v) is 5.61. The number of esters is 2. The lowest BCUT2D eigenvalue weighted by Gasteiger charge is -2.35. The number of methoxy groups -OCH3 is 1. The molecular weight excluding hydrogens is 364 g/mol. The zero-order valence-corrected chi connectivity index (χ0v) is 16.6. The molecule has 0 unspecified atom stereocenters. The molecule has 1 N–H and O–H groups in total. The fourth-order valence-electron chi connectivity index (χ4n) is 3.87. The maximum Gasteiger partial charge on any atom is 0.334 e. The van der Waals surface area contributed by atoms with Crippen molar-refractivity contribution >= 4 is 11.9 Å². The summed E-state index contributed by atoms with van der Waals surface area (Å²) in [5.74, 6) is -2.90. The van der Waals surface area contributed by atoms with Crippen molar-refractivity contribution in [3.05, 3.63) is 47.6 Å². The Bertz CT molecular complexity index is 793. The topological polar surface area (TPSA) is 91.3 Å². The number of rotatable bonds is 4. The number of ether oxygens (including phenoxy) is 4. The van der Waals surface area contributed by atoms with Crippen LogP contribution in [0.4, 0.5) is 0 Å². The lowest BCUT2D eigenvalue weighted by molar-refractivity contribution is -0.206. The van der Waals surface area contributed by atoms with Gasteiger partial charge >= 0.3 is 11.9 Å². The number of carbonyl (C=O) groups is 2. The van der Waals surface area contributed by atoms with Gasteiger partial charge in [-0.3, -0.25) is 0 Å². The Balaban J connectivity index is 2.09. The quantitative estimate of drug-likeness (QED) is 0.446. The number of hydrogen-bond donors (Lipinski definition) is 1. The summed E-state index contributed by atoms with van der Waals surface area (Å²) in [4.78, 5) is 24.7. The molecule has 0 aromatic rings. The molecule has 5 atom stereocenters. The highest BCUT2D eigenvalue weighted by Crippen LogP contribution is 2.45. The summed E-state index contributed by atoms with van der Waals surface area (Å²) < 4.78 is 23.0. The van der Waals surface area contributed by atoms with E-state index in [1.807, 2.05) is 13.0 Å². The van der Waals surface area contributed by atoms with Gasteiger partial charge < -0.3 is 24.1 Å². The smallest absolute Gasteiger partial charge is 0.334 e. The van der Waals surface area contributed by atoms with Crippen LogP contribution in [0, 0.1) is 5.92 Å². The molecule has 3 aliphatic heterocycles. The van der Waals surface area contributed by atoms with Crippen molar-refractivity contribution in [3.63, 3.8) is 0 Å². The number of fused-ring (bicyclic) bond motifs is 3. The van der Waals surface area contributed by atoms with E-state index in [0.717, 1.165) is 0 Å². The highest BCUT2D eigenvalue weighted by atomic mass is 16.7. The van der Waals surface area contributed by atoms with Crippen LogP contribution < -0.4 is 0 Å². The van der Waals surface area contributed by atoms with Crippen LogP contribution in [0.25, 0.3) is 0 Å². The van der Waals surface area contributed by atoms with Gasteiger partial charge in [0.2, 0.25) is 5.79 Å². The van der Waals surface area contributed by atoms with Crippen LogP contribution in [-0.2, 0) is 28.5 Å². The van der Waals surface area contributed by atoms with Crippen molar-refractivity contribution in [2.45, 2.75) is 50.8 Å². The zero-order chi connectivity index (χ0) is 20.7. The van der Waals surface area contributed by atoms with E-state index in [2.05, 4.69) is 6.58 Å². The summed E-state index contributed by atoms with van der Waals surface area (Å²) in [6.07, 6.45) is 5.60. The summed E-state index contributed by atoms with van der Waals surface area (Å²) in [5.41, 5.74) is 0.244. The van der Waals surface area contributed by atoms with Gasteiger partial charge in [0.15, 0.2) is 0 Å². The zero-order valence-electron chi connectivity index (χ0n) is 16.6. The van der Waals surface area contributed by atoms with Crippen LogP contribution in [0.15, 0.2) is 47.6 Å². The first-order chi connectivity index (χ1) is 13.2. The number of aliphatic hydroxyl groups excluding tert-OH is 1. The predicted molar refractivity (Wildman–Crippen MR) is 100.0 cm³/mol. The van der Waals surface area contributed by atoms with Crippen molar-refractivity contribution in [2.75, 3.05) is 13.7 Å². The molecule has 0 aromatic heterocycles. The lowest BCUT2D eigenvalue weighted by Crippen LogP contribution is -2.42. The maximum absolute atomic E-state index is 12.5. The Morgan fingerprint density at radius 3 is 2.79 bits per heavy atom. The largest absolute Gasteiger partial charge is 0.458 e. The minimum absolute atomic E-state index is 0.228. The van der Waals surface area contributed by atoms with Crippen LogP contribution in [0.2, 0.25) is 0 Å². The second-order valence-electron chi connectivity index (χ2n) is 7.51. The summed E-state index contributed by atoms with van der Waals surface area (Å²) in [5, 5.41) is 9.95. The van der Waals surface area contributed by atoms with Gasteiger partial charge in [0.1, 0.15) is 12.2 Å². The molecular formula is C21H26O7. The molecule has 3 rings (SSSR count). The number of hydrogen-bond acceptors (Lipinski definition) is 7. The third kappa shape index (κ3) is 3.34. The number of aliphatic hydroxyl groups is 1. The van der Waals surface area contributed by atoms with Crippen LogP contribution in [0.5, 0.6) is 0 Å². The van der Waals surface area contributed by atoms with Gasteiger partial charge in [-0.15, -0.1) is 0 Å². The van der Waals surface area contributed by atoms with Crippen LogP contribution in [0.1, 0.15) is 27.2 Å². The molecule has 0 spiro atoms. The van der Waals surface area contributed by atoms with E-state index in [1.54, 1.807) is 32.1 Å². The Labute approximate surface area is 164 Å². The molecule has 2 bridgehead atoms. The van der Waals surface area contributed by atoms with E-state index in [-0.39, 0.29) is 18.6 Å². The van der Waals surface area contributed by atoms with E-state index in [9.17, 15) is 14.7 Å². The van der Waals surface area contributed by atoms with E-state index >= 15 is 0 Å². The molecule has 3 heterocycles. The van der Waals surface area contributed by atoms with Gasteiger partial charge in [-0.2, -0.15) is 0 Å². The highest BCUT2D eigenvalue weighted by molar-refractivity contribution is 5.92. The normalized spacial score (nSPS) is 39.4. The molecule has 0 amide bonds. The fourth-order valence-corrected chi connectivity index (χ4v) is 3.87. The fraction of sp³-hybridized carbons (Fsp3) is 0.524. The second-order valence-corrected chi connectivity index (χ2v) is 7.51. The second kappa shape index (κ2) is 7.31. The highest BCUT2D eigenvalue weighted by Gasteiger charge is 2.53. The minimum atomic E-state index is -1.28. The van der Waals surface area contributed by atoms with Crippen LogP contribution in [-0.4, -0.2) is 54.4 Å².